The van der Waals surface area contributed by atoms with Crippen LogP contribution < -0.4 is 10.6 Å². The molecule has 24 heavy (non-hydrogen) atoms. The van der Waals surface area contributed by atoms with Gasteiger partial charge in [0, 0.05) is 30.2 Å². The number of hydrogen-bond donors (Lipinski definition) is 3. The molecule has 0 aliphatic heterocycles. The van der Waals surface area contributed by atoms with Crippen LogP contribution in [0.5, 0.6) is 0 Å². The van der Waals surface area contributed by atoms with Gasteiger partial charge in [0.1, 0.15) is 5.82 Å². The molecule has 2 rings (SSSR count). The number of hydrogen-bond acceptors (Lipinski definition) is 5. The molecule has 0 aliphatic rings. The smallest absolute Gasteiger partial charge is 0.251 e. The van der Waals surface area contributed by atoms with Crippen LogP contribution in [-0.4, -0.2) is 33.1 Å². The summed E-state index contributed by atoms with van der Waals surface area (Å²) >= 11 is 0. The average Bonchev–Trinajstić information content (AvgIpc) is 2.60. The normalized spacial score (nSPS) is 14.5. The van der Waals surface area contributed by atoms with E-state index in [1.807, 2.05) is 19.9 Å². The highest BCUT2D eigenvalue weighted by molar-refractivity contribution is 5.95. The van der Waals surface area contributed by atoms with Crippen molar-refractivity contribution in [2.45, 2.75) is 32.8 Å². The number of nitrogens with one attached hydrogen (secondary N) is 2. The number of rotatable bonds is 7. The monoisotopic (exact) mass is 328 g/mol. The van der Waals surface area contributed by atoms with Crippen LogP contribution in [0.1, 0.15) is 37.6 Å². The molecule has 1 heterocycles. The molecule has 0 radical (unpaired) electrons. The van der Waals surface area contributed by atoms with Crippen molar-refractivity contribution in [1.82, 2.24) is 15.3 Å². The lowest BCUT2D eigenvalue weighted by Crippen LogP contribution is -2.45. The minimum absolute atomic E-state index is 0.0995. The van der Waals surface area contributed by atoms with Crippen LogP contribution in [0.15, 0.2) is 42.9 Å². The summed E-state index contributed by atoms with van der Waals surface area (Å²) in [6.45, 7) is 5.94. The second-order valence-electron chi connectivity index (χ2n) is 6.15. The molecule has 3 N–H and O–H groups in total. The van der Waals surface area contributed by atoms with Gasteiger partial charge in [0.2, 0.25) is 0 Å². The highest BCUT2D eigenvalue weighted by Gasteiger charge is 2.27. The second kappa shape index (κ2) is 7.88. The van der Waals surface area contributed by atoms with Crippen molar-refractivity contribution >= 4 is 17.4 Å². The van der Waals surface area contributed by atoms with Crippen molar-refractivity contribution in [3.8, 4) is 0 Å². The Morgan fingerprint density at radius 1 is 1.38 bits per heavy atom. The molecule has 1 amide bonds. The first-order chi connectivity index (χ1) is 11.4. The molecule has 0 bridgehead atoms. The lowest BCUT2D eigenvalue weighted by molar-refractivity contribution is 0.00593. The molecule has 0 saturated heterocycles. The van der Waals surface area contributed by atoms with Crippen LogP contribution in [-0.2, 0) is 0 Å². The highest BCUT2D eigenvalue weighted by atomic mass is 16.3. The van der Waals surface area contributed by atoms with Crippen LogP contribution in [0.4, 0.5) is 11.5 Å². The topological polar surface area (TPSA) is 87.1 Å². The van der Waals surface area contributed by atoms with Gasteiger partial charge in [-0.3, -0.25) is 9.78 Å². The summed E-state index contributed by atoms with van der Waals surface area (Å²) in [6.07, 6.45) is 5.64. The van der Waals surface area contributed by atoms with Gasteiger partial charge in [-0.15, -0.1) is 0 Å². The number of nitrogens with zero attached hydrogens (tertiary/aromatic N) is 2. The zero-order valence-electron chi connectivity index (χ0n) is 14.3. The van der Waals surface area contributed by atoms with E-state index in [1.165, 1.54) is 0 Å². The molecule has 0 spiro atoms. The highest BCUT2D eigenvalue weighted by Crippen LogP contribution is 2.19. The number of carbonyl (C=O) groups excluding carboxylic acids is 1. The van der Waals surface area contributed by atoms with Gasteiger partial charge in [0.05, 0.1) is 11.8 Å². The van der Waals surface area contributed by atoms with Gasteiger partial charge in [-0.1, -0.05) is 26.3 Å². The van der Waals surface area contributed by atoms with Crippen molar-refractivity contribution < 1.29 is 9.90 Å². The summed E-state index contributed by atoms with van der Waals surface area (Å²) in [5.74, 6) is 0.485. The molecule has 2 unspecified atom stereocenters. The fourth-order valence-electron chi connectivity index (χ4n) is 2.22. The van der Waals surface area contributed by atoms with Gasteiger partial charge < -0.3 is 15.7 Å². The molecular weight excluding hydrogens is 304 g/mol. The quantitative estimate of drug-likeness (QED) is 0.727. The maximum absolute atomic E-state index is 12.3. The predicted molar refractivity (Wildman–Crippen MR) is 94.2 cm³/mol. The minimum Gasteiger partial charge on any atom is -0.388 e. The van der Waals surface area contributed by atoms with E-state index < -0.39 is 5.60 Å². The lowest BCUT2D eigenvalue weighted by Gasteiger charge is -2.29. The van der Waals surface area contributed by atoms with E-state index in [2.05, 4.69) is 20.6 Å². The molecule has 0 fully saturated rings. The van der Waals surface area contributed by atoms with Crippen LogP contribution in [0.25, 0.3) is 0 Å². The largest absolute Gasteiger partial charge is 0.388 e. The van der Waals surface area contributed by atoms with Gasteiger partial charge in [0.15, 0.2) is 0 Å². The van der Waals surface area contributed by atoms with Crippen molar-refractivity contribution in [3.63, 3.8) is 0 Å². The first-order valence-electron chi connectivity index (χ1n) is 8.06. The SMILES string of the molecule is CCC(C)C(C)(O)CNC(=O)c1cccc(Nc2cnccn2)c1. The zero-order valence-corrected chi connectivity index (χ0v) is 14.3. The Hall–Kier alpha value is -2.47. The molecule has 128 valence electrons. The van der Waals surface area contributed by atoms with Crippen LogP contribution in [0, 0.1) is 5.92 Å². The standard InChI is InChI=1S/C18H24N4O2/c1-4-13(2)18(3,24)12-21-17(23)14-6-5-7-15(10-14)22-16-11-19-8-9-20-16/h5-11,13,24H,4,12H2,1-3H3,(H,20,22)(H,21,23). The van der Waals surface area contributed by atoms with E-state index >= 15 is 0 Å². The molecule has 6 nitrogen and oxygen atoms in total. The van der Waals surface area contributed by atoms with Crippen LogP contribution in [0.2, 0.25) is 0 Å². The van der Waals surface area contributed by atoms with Gasteiger partial charge >= 0.3 is 0 Å². The maximum Gasteiger partial charge on any atom is 0.251 e. The van der Waals surface area contributed by atoms with E-state index in [1.54, 1.807) is 43.7 Å². The number of aliphatic hydroxyl groups is 1. The molecule has 0 aliphatic carbocycles. The summed E-state index contributed by atoms with van der Waals surface area (Å²) in [4.78, 5) is 20.5. The summed E-state index contributed by atoms with van der Waals surface area (Å²) in [6, 6.07) is 7.11. The summed E-state index contributed by atoms with van der Waals surface area (Å²) in [5, 5.41) is 16.3. The number of benzene rings is 1. The number of aromatic nitrogens is 2. The molecule has 0 saturated carbocycles. The third kappa shape index (κ3) is 4.76. The second-order valence-corrected chi connectivity index (χ2v) is 6.15. The molecule has 6 heteroatoms. The summed E-state index contributed by atoms with van der Waals surface area (Å²) in [7, 11) is 0. The Balaban J connectivity index is 2.01. The summed E-state index contributed by atoms with van der Waals surface area (Å²) < 4.78 is 0. The van der Waals surface area contributed by atoms with Gasteiger partial charge in [-0.25, -0.2) is 4.98 Å². The maximum atomic E-state index is 12.3. The first-order valence-corrected chi connectivity index (χ1v) is 8.06. The van der Waals surface area contributed by atoms with Gasteiger partial charge in [-0.2, -0.15) is 0 Å². The number of amides is 1. The zero-order chi connectivity index (χ0) is 17.6. The fourth-order valence-corrected chi connectivity index (χ4v) is 2.22. The van der Waals surface area contributed by atoms with Gasteiger partial charge in [0.25, 0.3) is 5.91 Å². The minimum atomic E-state index is -0.931. The molecule has 1 aromatic carbocycles. The third-order valence-corrected chi connectivity index (χ3v) is 4.24. The molecule has 1 aromatic heterocycles. The van der Waals surface area contributed by atoms with Crippen molar-refractivity contribution in [2.75, 3.05) is 11.9 Å². The first kappa shape index (κ1) is 17.9. The van der Waals surface area contributed by atoms with E-state index in [-0.39, 0.29) is 18.4 Å². The molecular formula is C18H24N4O2. The average molecular weight is 328 g/mol. The molecule has 2 aromatic rings. The van der Waals surface area contributed by atoms with E-state index in [4.69, 9.17) is 0 Å². The lowest BCUT2D eigenvalue weighted by atomic mass is 9.88. The number of anilines is 2. The molecule has 2 atom stereocenters. The predicted octanol–water partition coefficient (Wildman–Crippen LogP) is 2.75. The number of carbonyl (C=O) groups is 1. The summed E-state index contributed by atoms with van der Waals surface area (Å²) in [5.41, 5.74) is 0.334. The Labute approximate surface area is 142 Å². The Morgan fingerprint density at radius 2 is 2.17 bits per heavy atom. The Kier molecular flexibility index (Phi) is 5.87. The Bertz CT molecular complexity index is 674. The van der Waals surface area contributed by atoms with Crippen molar-refractivity contribution in [1.29, 1.82) is 0 Å². The Morgan fingerprint density at radius 3 is 2.83 bits per heavy atom. The van der Waals surface area contributed by atoms with Crippen molar-refractivity contribution in [3.05, 3.63) is 48.4 Å². The van der Waals surface area contributed by atoms with E-state index in [0.717, 1.165) is 12.1 Å². The third-order valence-electron chi connectivity index (χ3n) is 4.24. The van der Waals surface area contributed by atoms with Gasteiger partial charge in [-0.05, 0) is 31.0 Å². The van der Waals surface area contributed by atoms with Crippen LogP contribution in [0.3, 0.4) is 0 Å². The van der Waals surface area contributed by atoms with E-state index in [9.17, 15) is 9.90 Å². The fraction of sp³-hybridized carbons (Fsp3) is 0.389. The van der Waals surface area contributed by atoms with Crippen LogP contribution >= 0.6 is 0 Å². The van der Waals surface area contributed by atoms with E-state index in [0.29, 0.717) is 11.4 Å². The van der Waals surface area contributed by atoms with Crippen molar-refractivity contribution in [2.24, 2.45) is 5.92 Å².